The third-order valence-corrected chi connectivity index (χ3v) is 12.1. The standard InChI is InChI=1S/C39H33NO9S2/c1-19-23(32-33-34(48-38(43)47-33)35(45-5)39(2,3)49-32)13-10-21-17-25(37(42)46-31(19)21)40-36(41)22-11-14-26(44-4)24(16-22)20-12-15-29-30(18-20)51-28-9-7-6-8-27(28)50-29/h6-18,32-35H,1-5H3,(H,40,41)/t32-,33-,34-,35+/m0/s1. The van der Waals surface area contributed by atoms with Crippen molar-refractivity contribution in [1.29, 1.82) is 0 Å². The fraction of sp³-hybridized carbons (Fsp3) is 0.256. The lowest BCUT2D eigenvalue weighted by atomic mass is 9.84. The third kappa shape index (κ3) is 5.85. The van der Waals surface area contributed by atoms with Gasteiger partial charge in [0.15, 0.2) is 12.2 Å². The van der Waals surface area contributed by atoms with Crippen LogP contribution in [0, 0.1) is 6.92 Å². The van der Waals surface area contributed by atoms with E-state index in [0.717, 1.165) is 20.9 Å². The van der Waals surface area contributed by atoms with E-state index >= 15 is 0 Å². The first-order valence-corrected chi connectivity index (χ1v) is 17.9. The van der Waals surface area contributed by atoms with Crippen LogP contribution in [0.2, 0.25) is 0 Å². The Balaban J connectivity index is 1.07. The summed E-state index contributed by atoms with van der Waals surface area (Å²) in [5, 5.41) is 3.34. The molecule has 4 atom stereocenters. The molecule has 0 bridgehead atoms. The van der Waals surface area contributed by atoms with Gasteiger partial charge in [0.2, 0.25) is 0 Å². The number of benzene rings is 4. The number of carbonyl (C=O) groups excluding carboxylic acids is 2. The highest BCUT2D eigenvalue weighted by Gasteiger charge is 2.58. The number of amides is 1. The lowest BCUT2D eigenvalue weighted by molar-refractivity contribution is -0.237. The average Bonchev–Trinajstić information content (AvgIpc) is 3.51. The second-order valence-electron chi connectivity index (χ2n) is 13.0. The van der Waals surface area contributed by atoms with E-state index in [1.54, 1.807) is 67.9 Å². The van der Waals surface area contributed by atoms with E-state index in [2.05, 4.69) is 29.6 Å². The van der Waals surface area contributed by atoms with Gasteiger partial charge < -0.3 is 33.4 Å². The van der Waals surface area contributed by atoms with Gasteiger partial charge in [-0.05, 0) is 86.0 Å². The van der Waals surface area contributed by atoms with Crippen LogP contribution in [-0.2, 0) is 18.9 Å². The molecule has 5 aromatic rings. The van der Waals surface area contributed by atoms with Gasteiger partial charge in [-0.1, -0.05) is 53.9 Å². The molecule has 0 spiro atoms. The molecule has 3 aliphatic rings. The lowest BCUT2D eigenvalue weighted by Gasteiger charge is -2.46. The summed E-state index contributed by atoms with van der Waals surface area (Å²) in [6, 6.07) is 24.9. The number of methoxy groups -OCH3 is 2. The van der Waals surface area contributed by atoms with Crippen molar-refractivity contribution >= 4 is 52.2 Å². The van der Waals surface area contributed by atoms with Crippen molar-refractivity contribution < 1.29 is 37.7 Å². The van der Waals surface area contributed by atoms with Crippen molar-refractivity contribution in [3.8, 4) is 16.9 Å². The van der Waals surface area contributed by atoms with Gasteiger partial charge in [0.05, 0.1) is 12.7 Å². The summed E-state index contributed by atoms with van der Waals surface area (Å²) in [7, 11) is 3.13. The summed E-state index contributed by atoms with van der Waals surface area (Å²) in [5.74, 6) is 0.139. The Hall–Kier alpha value is -4.75. The van der Waals surface area contributed by atoms with E-state index in [4.69, 9.17) is 28.1 Å². The van der Waals surface area contributed by atoms with E-state index in [9.17, 15) is 14.4 Å². The minimum absolute atomic E-state index is 0.00550. The van der Waals surface area contributed by atoms with Gasteiger partial charge in [-0.25, -0.2) is 9.59 Å². The van der Waals surface area contributed by atoms with Crippen molar-refractivity contribution in [2.45, 2.75) is 70.4 Å². The van der Waals surface area contributed by atoms with Gasteiger partial charge in [-0.3, -0.25) is 4.79 Å². The van der Waals surface area contributed by atoms with Crippen LogP contribution < -0.4 is 15.7 Å². The normalized spacial score (nSPS) is 21.5. The number of aryl methyl sites for hydroxylation is 1. The first-order valence-electron chi connectivity index (χ1n) is 16.3. The molecule has 0 unspecified atom stereocenters. The van der Waals surface area contributed by atoms with Crippen molar-refractivity contribution in [1.82, 2.24) is 0 Å². The molecule has 2 saturated heterocycles. The van der Waals surface area contributed by atoms with Crippen LogP contribution in [0.1, 0.15) is 41.4 Å². The Kier molecular flexibility index (Phi) is 8.37. The molecule has 2 fully saturated rings. The average molecular weight is 724 g/mol. The second-order valence-corrected chi connectivity index (χ2v) is 15.2. The van der Waals surface area contributed by atoms with Gasteiger partial charge in [-0.15, -0.1) is 0 Å². The third-order valence-electron chi connectivity index (χ3n) is 9.51. The van der Waals surface area contributed by atoms with Crippen molar-refractivity contribution in [3.05, 3.63) is 106 Å². The zero-order valence-corrected chi connectivity index (χ0v) is 29.9. The summed E-state index contributed by atoms with van der Waals surface area (Å²) in [6.07, 6.45) is -3.49. The number of carbonyl (C=O) groups is 2. The van der Waals surface area contributed by atoms with E-state index in [1.807, 2.05) is 38.1 Å². The molecule has 1 N–H and O–H groups in total. The molecule has 10 nitrogen and oxygen atoms in total. The maximum absolute atomic E-state index is 13.6. The molecule has 260 valence electrons. The molecule has 0 radical (unpaired) electrons. The highest BCUT2D eigenvalue weighted by molar-refractivity contribution is 8.05. The quantitative estimate of drug-likeness (QED) is 0.132. The molecule has 1 amide bonds. The number of hydrogen-bond donors (Lipinski definition) is 1. The predicted molar refractivity (Wildman–Crippen MR) is 192 cm³/mol. The summed E-state index contributed by atoms with van der Waals surface area (Å²) >= 11 is 3.44. The zero-order valence-electron chi connectivity index (χ0n) is 28.3. The van der Waals surface area contributed by atoms with E-state index in [1.165, 1.54) is 16.9 Å². The van der Waals surface area contributed by atoms with Crippen LogP contribution in [0.25, 0.3) is 22.1 Å². The summed E-state index contributed by atoms with van der Waals surface area (Å²) < 4.78 is 34.6. The highest BCUT2D eigenvalue weighted by Crippen LogP contribution is 2.50. The molecule has 51 heavy (non-hydrogen) atoms. The van der Waals surface area contributed by atoms with Crippen LogP contribution in [-0.4, -0.2) is 50.2 Å². The van der Waals surface area contributed by atoms with Crippen LogP contribution in [0.4, 0.5) is 10.5 Å². The van der Waals surface area contributed by atoms with Crippen molar-refractivity contribution in [2.24, 2.45) is 0 Å². The minimum Gasteiger partial charge on any atom is -0.496 e. The Labute approximate surface area is 301 Å². The van der Waals surface area contributed by atoms with Gasteiger partial charge in [-0.2, -0.15) is 0 Å². The fourth-order valence-electron chi connectivity index (χ4n) is 7.07. The summed E-state index contributed by atoms with van der Waals surface area (Å²) in [5.41, 5.74) is 2.08. The van der Waals surface area contributed by atoms with Crippen LogP contribution in [0.5, 0.6) is 5.75 Å². The molecule has 4 aromatic carbocycles. The number of rotatable bonds is 6. The van der Waals surface area contributed by atoms with Crippen LogP contribution in [0.15, 0.2) is 108 Å². The Bertz CT molecular complexity index is 2300. The number of anilines is 1. The maximum Gasteiger partial charge on any atom is 0.509 e. The molecular formula is C39H33NO9S2. The number of nitrogens with one attached hydrogen (secondary N) is 1. The zero-order chi connectivity index (χ0) is 35.6. The molecular weight excluding hydrogens is 691 g/mol. The molecule has 8 rings (SSSR count). The van der Waals surface area contributed by atoms with E-state index in [-0.39, 0.29) is 5.69 Å². The Morgan fingerprint density at radius 3 is 2.31 bits per heavy atom. The van der Waals surface area contributed by atoms with Gasteiger partial charge in [0, 0.05) is 43.2 Å². The number of fused-ring (bicyclic) bond motifs is 4. The minimum atomic E-state index is -0.823. The smallest absolute Gasteiger partial charge is 0.496 e. The molecule has 3 aliphatic heterocycles. The lowest BCUT2D eigenvalue weighted by Crippen LogP contribution is -2.58. The predicted octanol–water partition coefficient (Wildman–Crippen LogP) is 8.41. The summed E-state index contributed by atoms with van der Waals surface area (Å²) in [4.78, 5) is 43.8. The summed E-state index contributed by atoms with van der Waals surface area (Å²) in [6.45, 7) is 5.52. The Morgan fingerprint density at radius 1 is 0.843 bits per heavy atom. The van der Waals surface area contributed by atoms with Gasteiger partial charge in [0.25, 0.3) is 5.91 Å². The molecule has 12 heteroatoms. The van der Waals surface area contributed by atoms with Crippen molar-refractivity contribution in [3.63, 3.8) is 0 Å². The fourth-order valence-corrected chi connectivity index (χ4v) is 9.32. The monoisotopic (exact) mass is 723 g/mol. The van der Waals surface area contributed by atoms with E-state index < -0.39 is 47.7 Å². The van der Waals surface area contributed by atoms with Crippen LogP contribution >= 0.6 is 23.5 Å². The molecule has 1 aromatic heterocycles. The molecule has 0 saturated carbocycles. The van der Waals surface area contributed by atoms with E-state index in [0.29, 0.717) is 33.4 Å². The van der Waals surface area contributed by atoms with Crippen molar-refractivity contribution in [2.75, 3.05) is 19.5 Å². The Morgan fingerprint density at radius 2 is 1.57 bits per heavy atom. The van der Waals surface area contributed by atoms with Gasteiger partial charge >= 0.3 is 11.8 Å². The maximum atomic E-state index is 13.6. The first-order chi connectivity index (χ1) is 24.5. The first kappa shape index (κ1) is 33.4. The largest absolute Gasteiger partial charge is 0.509 e. The number of hydrogen-bond acceptors (Lipinski definition) is 11. The molecule has 0 aliphatic carbocycles. The topological polar surface area (TPSA) is 123 Å². The second kappa shape index (κ2) is 12.8. The SMILES string of the molecule is COc1ccc(C(=O)Nc2cc3ccc([C@@H]4OC(C)(C)[C@H](OC)[C@H]5OC(=O)O[C@H]54)c(C)c3oc2=O)cc1-c1ccc2c(c1)Sc1ccccc1S2. The van der Waals surface area contributed by atoms with Crippen LogP contribution in [0.3, 0.4) is 0 Å². The highest BCUT2D eigenvalue weighted by atomic mass is 32.2. The van der Waals surface area contributed by atoms with Gasteiger partial charge in [0.1, 0.15) is 29.2 Å². The molecule has 4 heterocycles. The number of ether oxygens (including phenoxy) is 5.